The first-order chi connectivity index (χ1) is 13.2. The molecule has 144 valence electrons. The van der Waals surface area contributed by atoms with Crippen LogP contribution < -0.4 is 0 Å². The highest BCUT2D eigenvalue weighted by Gasteiger charge is 2.33. The Balaban J connectivity index is 1.42. The molecular formula is C21H26ClN3O2. The van der Waals surface area contributed by atoms with Crippen molar-refractivity contribution in [3.8, 4) is 11.4 Å². The molecule has 27 heavy (non-hydrogen) atoms. The highest BCUT2D eigenvalue weighted by molar-refractivity contribution is 6.30. The van der Waals surface area contributed by atoms with Gasteiger partial charge in [0.25, 0.3) is 0 Å². The van der Waals surface area contributed by atoms with Crippen molar-refractivity contribution in [2.45, 2.75) is 63.8 Å². The SMILES string of the molecule is O=C(C1CCC1)N(CCc1nc(-c2ccc(Cl)cc2)no1)C1CCCCC1. The third kappa shape index (κ3) is 4.34. The minimum atomic E-state index is 0.235. The van der Waals surface area contributed by atoms with Crippen LogP contribution in [0.4, 0.5) is 0 Å². The van der Waals surface area contributed by atoms with Gasteiger partial charge in [-0.05, 0) is 49.9 Å². The van der Waals surface area contributed by atoms with Crippen LogP contribution in [-0.2, 0) is 11.2 Å². The van der Waals surface area contributed by atoms with Gasteiger partial charge >= 0.3 is 0 Å². The molecule has 1 aromatic heterocycles. The van der Waals surface area contributed by atoms with Gasteiger partial charge in [-0.15, -0.1) is 0 Å². The van der Waals surface area contributed by atoms with Crippen LogP contribution in [0, 0.1) is 5.92 Å². The zero-order valence-electron chi connectivity index (χ0n) is 15.6. The molecular weight excluding hydrogens is 362 g/mol. The van der Waals surface area contributed by atoms with E-state index in [1.807, 2.05) is 24.3 Å². The number of amides is 1. The number of halogens is 1. The topological polar surface area (TPSA) is 59.2 Å². The number of benzene rings is 1. The molecule has 4 rings (SSSR count). The second-order valence-electron chi connectivity index (χ2n) is 7.72. The molecule has 2 aromatic rings. The normalized spacial score (nSPS) is 18.3. The number of hydrogen-bond donors (Lipinski definition) is 0. The van der Waals surface area contributed by atoms with Crippen LogP contribution in [0.5, 0.6) is 0 Å². The summed E-state index contributed by atoms with van der Waals surface area (Å²) in [7, 11) is 0. The maximum Gasteiger partial charge on any atom is 0.228 e. The Morgan fingerprint density at radius 3 is 2.48 bits per heavy atom. The summed E-state index contributed by atoms with van der Waals surface area (Å²) in [6.07, 6.45) is 9.86. The van der Waals surface area contributed by atoms with E-state index in [0.717, 1.165) is 31.2 Å². The minimum absolute atomic E-state index is 0.235. The van der Waals surface area contributed by atoms with Gasteiger partial charge in [0.1, 0.15) is 0 Å². The summed E-state index contributed by atoms with van der Waals surface area (Å²) in [5.74, 6) is 1.73. The van der Waals surface area contributed by atoms with Crippen molar-refractivity contribution < 1.29 is 9.32 Å². The van der Waals surface area contributed by atoms with Crippen molar-refractivity contribution in [3.63, 3.8) is 0 Å². The molecule has 1 aromatic carbocycles. The lowest BCUT2D eigenvalue weighted by atomic mass is 9.83. The molecule has 2 aliphatic rings. The van der Waals surface area contributed by atoms with Gasteiger partial charge in [-0.25, -0.2) is 0 Å². The zero-order valence-corrected chi connectivity index (χ0v) is 16.3. The molecule has 0 bridgehead atoms. The first-order valence-electron chi connectivity index (χ1n) is 10.1. The van der Waals surface area contributed by atoms with Gasteiger partial charge in [0.15, 0.2) is 0 Å². The van der Waals surface area contributed by atoms with Gasteiger partial charge in [-0.1, -0.05) is 42.4 Å². The smallest absolute Gasteiger partial charge is 0.228 e. The minimum Gasteiger partial charge on any atom is -0.339 e. The molecule has 1 amide bonds. The van der Waals surface area contributed by atoms with Crippen LogP contribution in [0.15, 0.2) is 28.8 Å². The van der Waals surface area contributed by atoms with E-state index >= 15 is 0 Å². The maximum absolute atomic E-state index is 13.0. The van der Waals surface area contributed by atoms with Crippen molar-refractivity contribution in [2.75, 3.05) is 6.54 Å². The van der Waals surface area contributed by atoms with Gasteiger partial charge in [0.2, 0.25) is 17.6 Å². The average molecular weight is 388 g/mol. The third-order valence-corrected chi connectivity index (χ3v) is 6.14. The Morgan fingerprint density at radius 1 is 1.07 bits per heavy atom. The van der Waals surface area contributed by atoms with Crippen molar-refractivity contribution in [1.29, 1.82) is 0 Å². The second kappa shape index (κ2) is 8.42. The number of carbonyl (C=O) groups excluding carboxylic acids is 1. The van der Waals surface area contributed by atoms with Crippen molar-refractivity contribution >= 4 is 17.5 Å². The average Bonchev–Trinajstić information content (AvgIpc) is 3.11. The summed E-state index contributed by atoms with van der Waals surface area (Å²) >= 11 is 5.93. The van der Waals surface area contributed by atoms with Crippen molar-refractivity contribution in [2.24, 2.45) is 5.92 Å². The lowest BCUT2D eigenvalue weighted by Gasteiger charge is -2.38. The molecule has 0 saturated heterocycles. The van der Waals surface area contributed by atoms with Crippen LogP contribution in [0.1, 0.15) is 57.3 Å². The fourth-order valence-corrected chi connectivity index (χ4v) is 4.17. The summed E-state index contributed by atoms with van der Waals surface area (Å²) in [5.41, 5.74) is 0.879. The van der Waals surface area contributed by atoms with Crippen LogP contribution >= 0.6 is 11.6 Å². The van der Waals surface area contributed by atoms with E-state index in [9.17, 15) is 4.79 Å². The Bertz CT molecular complexity index is 764. The molecule has 0 spiro atoms. The van der Waals surface area contributed by atoms with Gasteiger partial charge in [-0.3, -0.25) is 4.79 Å². The summed E-state index contributed by atoms with van der Waals surface area (Å²) in [6.45, 7) is 0.669. The van der Waals surface area contributed by atoms with E-state index < -0.39 is 0 Å². The van der Waals surface area contributed by atoms with Gasteiger partial charge < -0.3 is 9.42 Å². The van der Waals surface area contributed by atoms with E-state index in [4.69, 9.17) is 16.1 Å². The lowest BCUT2D eigenvalue weighted by Crippen LogP contribution is -2.47. The lowest BCUT2D eigenvalue weighted by molar-refractivity contribution is -0.141. The summed E-state index contributed by atoms with van der Waals surface area (Å²) in [6, 6.07) is 7.77. The molecule has 2 fully saturated rings. The molecule has 2 saturated carbocycles. The fourth-order valence-electron chi connectivity index (χ4n) is 4.04. The number of hydrogen-bond acceptors (Lipinski definition) is 4. The summed E-state index contributed by atoms with van der Waals surface area (Å²) in [5, 5.41) is 4.76. The molecule has 0 atom stereocenters. The predicted molar refractivity (Wildman–Crippen MR) is 104 cm³/mol. The first-order valence-corrected chi connectivity index (χ1v) is 10.5. The molecule has 6 heteroatoms. The van der Waals surface area contributed by atoms with Gasteiger partial charge in [0.05, 0.1) is 0 Å². The highest BCUT2D eigenvalue weighted by Crippen LogP contribution is 2.31. The van der Waals surface area contributed by atoms with Gasteiger partial charge in [-0.2, -0.15) is 4.98 Å². The Morgan fingerprint density at radius 2 is 1.81 bits per heavy atom. The van der Waals surface area contributed by atoms with Crippen LogP contribution in [0.25, 0.3) is 11.4 Å². The Labute approximate surface area is 165 Å². The van der Waals surface area contributed by atoms with E-state index in [0.29, 0.717) is 41.7 Å². The molecule has 0 N–H and O–H groups in total. The quantitative estimate of drug-likeness (QED) is 0.707. The van der Waals surface area contributed by atoms with E-state index in [2.05, 4.69) is 15.0 Å². The standard InChI is InChI=1S/C21H26ClN3O2/c22-17-11-9-15(10-12-17)20-23-19(27-24-20)13-14-25(18-7-2-1-3-8-18)21(26)16-5-4-6-16/h9-12,16,18H,1-8,13-14H2. The molecule has 0 unspecified atom stereocenters. The summed E-state index contributed by atoms with van der Waals surface area (Å²) in [4.78, 5) is 19.6. The van der Waals surface area contributed by atoms with Crippen molar-refractivity contribution in [3.05, 3.63) is 35.2 Å². The van der Waals surface area contributed by atoms with E-state index in [1.54, 1.807) is 0 Å². The van der Waals surface area contributed by atoms with Crippen LogP contribution in [0.2, 0.25) is 5.02 Å². The van der Waals surface area contributed by atoms with Crippen LogP contribution in [-0.4, -0.2) is 33.5 Å². The van der Waals surface area contributed by atoms with Crippen LogP contribution in [0.3, 0.4) is 0 Å². The number of carbonyl (C=O) groups is 1. The Hall–Kier alpha value is -1.88. The number of aromatic nitrogens is 2. The Kier molecular flexibility index (Phi) is 5.77. The predicted octanol–water partition coefficient (Wildman–Crippen LogP) is 4.89. The van der Waals surface area contributed by atoms with Crippen molar-refractivity contribution in [1.82, 2.24) is 15.0 Å². The molecule has 1 heterocycles. The number of nitrogens with zero attached hydrogens (tertiary/aromatic N) is 3. The fraction of sp³-hybridized carbons (Fsp3) is 0.571. The van der Waals surface area contributed by atoms with Gasteiger partial charge in [0, 0.05) is 35.5 Å². The maximum atomic E-state index is 13.0. The molecule has 0 radical (unpaired) electrons. The second-order valence-corrected chi connectivity index (χ2v) is 8.16. The monoisotopic (exact) mass is 387 g/mol. The molecule has 2 aliphatic carbocycles. The first kappa shape index (κ1) is 18.5. The summed E-state index contributed by atoms with van der Waals surface area (Å²) < 4.78 is 5.44. The highest BCUT2D eigenvalue weighted by atomic mass is 35.5. The molecule has 0 aliphatic heterocycles. The van der Waals surface area contributed by atoms with E-state index in [1.165, 1.54) is 25.7 Å². The van der Waals surface area contributed by atoms with E-state index in [-0.39, 0.29) is 5.92 Å². The molecule has 5 nitrogen and oxygen atoms in total. The largest absolute Gasteiger partial charge is 0.339 e. The third-order valence-electron chi connectivity index (χ3n) is 5.89. The number of rotatable bonds is 6. The zero-order chi connectivity index (χ0) is 18.6.